The molecular weight excluding hydrogens is 322 g/mol. The van der Waals surface area contributed by atoms with Gasteiger partial charge < -0.3 is 9.88 Å². The van der Waals surface area contributed by atoms with Crippen molar-refractivity contribution in [3.05, 3.63) is 35.5 Å². The lowest BCUT2D eigenvalue weighted by atomic mass is 9.97. The third kappa shape index (κ3) is 4.29. The fraction of sp³-hybridized carbons (Fsp3) is 0.591. The zero-order chi connectivity index (χ0) is 18.4. The molecule has 2 aromatic rings. The molecule has 26 heavy (non-hydrogen) atoms. The van der Waals surface area contributed by atoms with Crippen LogP contribution in [0.3, 0.4) is 0 Å². The third-order valence-corrected chi connectivity index (χ3v) is 5.51. The minimum absolute atomic E-state index is 0.0926. The van der Waals surface area contributed by atoms with Gasteiger partial charge in [0.1, 0.15) is 0 Å². The topological polar surface area (TPSA) is 48.1 Å². The van der Waals surface area contributed by atoms with Crippen molar-refractivity contribution < 1.29 is 4.79 Å². The molecule has 2 heterocycles. The van der Waals surface area contributed by atoms with Crippen molar-refractivity contribution in [1.82, 2.24) is 15.2 Å². The second-order valence-corrected chi connectivity index (χ2v) is 7.50. The van der Waals surface area contributed by atoms with Crippen LogP contribution in [0.1, 0.15) is 63.6 Å². The zero-order valence-electron chi connectivity index (χ0n) is 16.3. The van der Waals surface area contributed by atoms with Gasteiger partial charge in [-0.05, 0) is 30.9 Å². The van der Waals surface area contributed by atoms with E-state index in [1.165, 1.54) is 47.8 Å². The zero-order valence-corrected chi connectivity index (χ0v) is 16.3. The Kier molecular flexibility index (Phi) is 6.73. The van der Waals surface area contributed by atoms with Crippen LogP contribution in [0.5, 0.6) is 0 Å². The number of hydrogen-bond donors (Lipinski definition) is 2. The monoisotopic (exact) mass is 355 g/mol. The van der Waals surface area contributed by atoms with Crippen molar-refractivity contribution in [2.75, 3.05) is 13.1 Å². The van der Waals surface area contributed by atoms with Gasteiger partial charge in [0.05, 0.1) is 6.04 Å². The van der Waals surface area contributed by atoms with E-state index in [0.717, 1.165) is 38.9 Å². The number of nitrogens with zero attached hydrogens (tertiary/aromatic N) is 1. The molecule has 0 radical (unpaired) electrons. The molecule has 0 spiro atoms. The maximum atomic E-state index is 13.2. The van der Waals surface area contributed by atoms with Crippen molar-refractivity contribution in [2.24, 2.45) is 0 Å². The van der Waals surface area contributed by atoms with Gasteiger partial charge in [0.15, 0.2) is 0 Å². The summed E-state index contributed by atoms with van der Waals surface area (Å²) in [5.74, 6) is 0.285. The van der Waals surface area contributed by atoms with Gasteiger partial charge in [0.25, 0.3) is 0 Å². The lowest BCUT2D eigenvalue weighted by molar-refractivity contribution is -0.133. The van der Waals surface area contributed by atoms with E-state index in [-0.39, 0.29) is 11.9 Å². The highest BCUT2D eigenvalue weighted by molar-refractivity contribution is 5.88. The number of rotatable bonds is 9. The summed E-state index contributed by atoms with van der Waals surface area (Å²) < 4.78 is 0. The molecular formula is C22H33N3O. The number of hydrogen-bond acceptors (Lipinski definition) is 2. The Bertz CT molecular complexity index is 711. The number of unbranched alkanes of at least 4 members (excludes halogenated alkanes) is 4. The predicted octanol–water partition coefficient (Wildman–Crippen LogP) is 4.39. The SMILES string of the molecule is CCCCCN(CCCCC)C(=O)[C@H]1Cc2c([nH]c3ccccc23)CN1. The molecule has 4 heteroatoms. The highest BCUT2D eigenvalue weighted by atomic mass is 16.2. The van der Waals surface area contributed by atoms with Crippen LogP contribution in [0.25, 0.3) is 10.9 Å². The first kappa shape index (κ1) is 19.0. The molecule has 1 aromatic carbocycles. The maximum Gasteiger partial charge on any atom is 0.240 e. The van der Waals surface area contributed by atoms with Crippen LogP contribution in [0.4, 0.5) is 0 Å². The second-order valence-electron chi connectivity index (χ2n) is 7.50. The average Bonchev–Trinajstić information content (AvgIpc) is 3.04. The number of aromatic amines is 1. The molecule has 0 fully saturated rings. The summed E-state index contributed by atoms with van der Waals surface area (Å²) in [4.78, 5) is 18.8. The molecule has 2 N–H and O–H groups in total. The molecule has 1 aromatic heterocycles. The van der Waals surface area contributed by atoms with Gasteiger partial charge in [0.2, 0.25) is 5.91 Å². The maximum absolute atomic E-state index is 13.2. The van der Waals surface area contributed by atoms with Gasteiger partial charge in [-0.3, -0.25) is 10.1 Å². The third-order valence-electron chi connectivity index (χ3n) is 5.51. The smallest absolute Gasteiger partial charge is 0.240 e. The summed E-state index contributed by atoms with van der Waals surface area (Å²) in [6, 6.07) is 8.33. The Balaban J connectivity index is 1.70. The van der Waals surface area contributed by atoms with Crippen LogP contribution < -0.4 is 5.32 Å². The van der Waals surface area contributed by atoms with Crippen molar-refractivity contribution in [3.63, 3.8) is 0 Å². The average molecular weight is 356 g/mol. The lowest BCUT2D eigenvalue weighted by Crippen LogP contribution is -2.50. The molecule has 1 amide bonds. The quantitative estimate of drug-likeness (QED) is 0.655. The Hall–Kier alpha value is -1.81. The van der Waals surface area contributed by atoms with Gasteiger partial charge in [0, 0.05) is 36.2 Å². The van der Waals surface area contributed by atoms with E-state index in [1.807, 2.05) is 0 Å². The second kappa shape index (κ2) is 9.22. The molecule has 4 nitrogen and oxygen atoms in total. The fourth-order valence-electron chi connectivity index (χ4n) is 3.97. The van der Waals surface area contributed by atoms with Crippen LogP contribution in [0.15, 0.2) is 24.3 Å². The Labute approximate surface area is 157 Å². The number of nitrogens with one attached hydrogen (secondary N) is 2. The minimum Gasteiger partial charge on any atom is -0.357 e. The van der Waals surface area contributed by atoms with Crippen LogP contribution in [-0.2, 0) is 17.8 Å². The standard InChI is InChI=1S/C22H33N3O/c1-3-5-9-13-25(14-10-6-4-2)22(26)20-15-18-17-11-7-8-12-19(17)24-21(18)16-23-20/h7-8,11-12,20,23-24H,3-6,9-10,13-16H2,1-2H3/t20-/m1/s1. The Morgan fingerprint density at radius 1 is 1.08 bits per heavy atom. The van der Waals surface area contributed by atoms with Crippen molar-refractivity contribution in [1.29, 1.82) is 0 Å². The van der Waals surface area contributed by atoms with Crippen LogP contribution in [0, 0.1) is 0 Å². The molecule has 1 aliphatic rings. The van der Waals surface area contributed by atoms with Gasteiger partial charge >= 0.3 is 0 Å². The molecule has 142 valence electrons. The predicted molar refractivity (Wildman–Crippen MR) is 108 cm³/mol. The van der Waals surface area contributed by atoms with Crippen LogP contribution in [0.2, 0.25) is 0 Å². The van der Waals surface area contributed by atoms with E-state index in [9.17, 15) is 4.79 Å². The summed E-state index contributed by atoms with van der Waals surface area (Å²) in [6.45, 7) is 6.97. The number of benzene rings is 1. The number of aromatic nitrogens is 1. The van der Waals surface area contributed by atoms with E-state index >= 15 is 0 Å². The van der Waals surface area contributed by atoms with Gasteiger partial charge in [-0.2, -0.15) is 0 Å². The number of carbonyl (C=O) groups is 1. The van der Waals surface area contributed by atoms with Gasteiger partial charge in [-0.1, -0.05) is 57.7 Å². The summed E-state index contributed by atoms with van der Waals surface area (Å²) in [5.41, 5.74) is 3.73. The number of amides is 1. The number of carbonyl (C=O) groups excluding carboxylic acids is 1. The van der Waals surface area contributed by atoms with E-state index in [0.29, 0.717) is 0 Å². The van der Waals surface area contributed by atoms with Crippen LogP contribution >= 0.6 is 0 Å². The lowest BCUT2D eigenvalue weighted by Gasteiger charge is -2.30. The Morgan fingerprint density at radius 2 is 1.77 bits per heavy atom. The molecule has 0 unspecified atom stereocenters. The molecule has 3 rings (SSSR count). The van der Waals surface area contributed by atoms with Gasteiger partial charge in [-0.25, -0.2) is 0 Å². The summed E-state index contributed by atoms with van der Waals surface area (Å²) >= 11 is 0. The molecule has 1 aliphatic heterocycles. The van der Waals surface area contributed by atoms with Gasteiger partial charge in [-0.15, -0.1) is 0 Å². The number of para-hydroxylation sites is 1. The van der Waals surface area contributed by atoms with E-state index in [4.69, 9.17) is 0 Å². The van der Waals surface area contributed by atoms with E-state index < -0.39 is 0 Å². The highest BCUT2D eigenvalue weighted by Crippen LogP contribution is 2.27. The van der Waals surface area contributed by atoms with Crippen molar-refractivity contribution in [3.8, 4) is 0 Å². The molecule has 0 aliphatic carbocycles. The largest absolute Gasteiger partial charge is 0.357 e. The first-order chi connectivity index (χ1) is 12.7. The number of H-pyrrole nitrogens is 1. The highest BCUT2D eigenvalue weighted by Gasteiger charge is 2.29. The normalized spacial score (nSPS) is 16.6. The van der Waals surface area contributed by atoms with Crippen LogP contribution in [-0.4, -0.2) is 34.9 Å². The Morgan fingerprint density at radius 3 is 2.46 bits per heavy atom. The van der Waals surface area contributed by atoms with E-state index in [1.54, 1.807) is 0 Å². The molecule has 0 saturated heterocycles. The van der Waals surface area contributed by atoms with E-state index in [2.05, 4.69) is 53.3 Å². The molecule has 0 bridgehead atoms. The van der Waals surface area contributed by atoms with Crippen molar-refractivity contribution >= 4 is 16.8 Å². The van der Waals surface area contributed by atoms with Crippen molar-refractivity contribution in [2.45, 2.75) is 71.4 Å². The fourth-order valence-corrected chi connectivity index (χ4v) is 3.97. The minimum atomic E-state index is -0.0926. The first-order valence-corrected chi connectivity index (χ1v) is 10.3. The molecule has 1 atom stereocenters. The first-order valence-electron chi connectivity index (χ1n) is 10.3. The summed E-state index contributed by atoms with van der Waals surface area (Å²) in [7, 11) is 0. The summed E-state index contributed by atoms with van der Waals surface area (Å²) in [5, 5.41) is 4.74. The molecule has 0 saturated carbocycles. The number of fused-ring (bicyclic) bond motifs is 3. The summed E-state index contributed by atoms with van der Waals surface area (Å²) in [6.07, 6.45) is 7.79.